The van der Waals surface area contributed by atoms with Crippen LogP contribution in [-0.4, -0.2) is 49.6 Å². The lowest BCUT2D eigenvalue weighted by Gasteiger charge is -2.20. The third kappa shape index (κ3) is 3.54. The van der Waals surface area contributed by atoms with E-state index in [4.69, 9.17) is 17.3 Å². The molecule has 0 spiro atoms. The zero-order valence-electron chi connectivity index (χ0n) is 12.6. The van der Waals surface area contributed by atoms with Gasteiger partial charge in [-0.15, -0.1) is 12.4 Å². The van der Waals surface area contributed by atoms with Crippen molar-refractivity contribution in [2.75, 3.05) is 37.6 Å². The van der Waals surface area contributed by atoms with Crippen molar-refractivity contribution in [1.29, 1.82) is 0 Å². The van der Waals surface area contributed by atoms with E-state index in [2.05, 4.69) is 5.32 Å². The third-order valence-corrected chi connectivity index (χ3v) is 4.58. The Bertz CT molecular complexity index is 611. The normalized spacial score (nSPS) is 20.4. The molecule has 3 rings (SSSR count). The molecule has 2 aliphatic heterocycles. The van der Waals surface area contributed by atoms with Gasteiger partial charge in [-0.3, -0.25) is 9.69 Å². The van der Waals surface area contributed by atoms with Crippen molar-refractivity contribution >= 4 is 41.6 Å². The first kappa shape index (κ1) is 17.8. The molecule has 6 nitrogen and oxygen atoms in total. The molecule has 126 valence electrons. The highest BCUT2D eigenvalue weighted by molar-refractivity contribution is 6.34. The first-order valence-electron chi connectivity index (χ1n) is 7.44. The van der Waals surface area contributed by atoms with E-state index in [1.807, 2.05) is 0 Å². The highest BCUT2D eigenvalue weighted by Gasteiger charge is 2.28. The average molecular weight is 359 g/mol. The summed E-state index contributed by atoms with van der Waals surface area (Å²) in [6, 6.07) is 4.99. The van der Waals surface area contributed by atoms with Crippen LogP contribution in [0.5, 0.6) is 0 Å². The summed E-state index contributed by atoms with van der Waals surface area (Å²) in [4.78, 5) is 27.8. The summed E-state index contributed by atoms with van der Waals surface area (Å²) >= 11 is 6.19. The maximum atomic E-state index is 12.7. The SMILES string of the molecule is Cl.NCC1CCN(C(=O)c2cc(N3CCNC3=O)ccc2Cl)C1. The molecular formula is C15H20Cl2N4O2. The Labute approximate surface area is 146 Å². The van der Waals surface area contributed by atoms with Gasteiger partial charge in [-0.25, -0.2) is 4.79 Å². The number of amides is 3. The van der Waals surface area contributed by atoms with Crippen molar-refractivity contribution in [3.8, 4) is 0 Å². The molecule has 0 bridgehead atoms. The van der Waals surface area contributed by atoms with E-state index in [0.29, 0.717) is 54.9 Å². The summed E-state index contributed by atoms with van der Waals surface area (Å²) in [5.41, 5.74) is 6.80. The van der Waals surface area contributed by atoms with Crippen molar-refractivity contribution in [2.24, 2.45) is 11.7 Å². The number of hydrogen-bond donors (Lipinski definition) is 2. The molecule has 2 fully saturated rings. The van der Waals surface area contributed by atoms with Crippen molar-refractivity contribution in [3.63, 3.8) is 0 Å². The van der Waals surface area contributed by atoms with Gasteiger partial charge in [0.2, 0.25) is 0 Å². The van der Waals surface area contributed by atoms with E-state index in [0.717, 1.165) is 6.42 Å². The predicted molar refractivity (Wildman–Crippen MR) is 92.5 cm³/mol. The van der Waals surface area contributed by atoms with Crippen LogP contribution in [0.4, 0.5) is 10.5 Å². The molecule has 8 heteroatoms. The standard InChI is InChI=1S/C15H19ClN4O2.ClH/c16-13-2-1-11(20-6-4-18-15(20)22)7-12(13)14(21)19-5-3-10(8-17)9-19;/h1-2,7,10H,3-6,8-9,17H2,(H,18,22);1H. The van der Waals surface area contributed by atoms with Crippen molar-refractivity contribution in [3.05, 3.63) is 28.8 Å². The minimum Gasteiger partial charge on any atom is -0.338 e. The lowest BCUT2D eigenvalue weighted by molar-refractivity contribution is 0.0788. The smallest absolute Gasteiger partial charge is 0.321 e. The van der Waals surface area contributed by atoms with Crippen LogP contribution >= 0.6 is 24.0 Å². The summed E-state index contributed by atoms with van der Waals surface area (Å²) in [6.45, 7) is 3.15. The van der Waals surface area contributed by atoms with Crippen molar-refractivity contribution in [2.45, 2.75) is 6.42 Å². The molecule has 3 amide bonds. The van der Waals surface area contributed by atoms with Crippen molar-refractivity contribution in [1.82, 2.24) is 10.2 Å². The van der Waals surface area contributed by atoms with Gasteiger partial charge in [-0.2, -0.15) is 0 Å². The highest BCUT2D eigenvalue weighted by Crippen LogP contribution is 2.27. The largest absolute Gasteiger partial charge is 0.338 e. The van der Waals surface area contributed by atoms with Gasteiger partial charge < -0.3 is 16.0 Å². The zero-order chi connectivity index (χ0) is 15.7. The number of carbonyl (C=O) groups excluding carboxylic acids is 2. The molecule has 0 radical (unpaired) electrons. The first-order chi connectivity index (χ1) is 10.6. The number of nitrogens with zero attached hydrogens (tertiary/aromatic N) is 2. The summed E-state index contributed by atoms with van der Waals surface area (Å²) in [6.07, 6.45) is 0.925. The molecule has 1 aromatic rings. The predicted octanol–water partition coefficient (Wildman–Crippen LogP) is 1.71. The topological polar surface area (TPSA) is 78.7 Å². The number of halogens is 2. The number of likely N-dealkylation sites (tertiary alicyclic amines) is 1. The second-order valence-electron chi connectivity index (χ2n) is 5.69. The van der Waals surface area contributed by atoms with Gasteiger partial charge in [0, 0.05) is 31.9 Å². The molecule has 0 aromatic heterocycles. The van der Waals surface area contributed by atoms with Crippen LogP contribution in [0.3, 0.4) is 0 Å². The van der Waals surface area contributed by atoms with E-state index in [-0.39, 0.29) is 24.3 Å². The summed E-state index contributed by atoms with van der Waals surface area (Å²) in [5, 5.41) is 3.15. The Hall–Kier alpha value is -1.50. The fourth-order valence-electron chi connectivity index (χ4n) is 2.94. The lowest BCUT2D eigenvalue weighted by Crippen LogP contribution is -2.31. The molecule has 2 aliphatic rings. The minimum absolute atomic E-state index is 0. The Morgan fingerprint density at radius 3 is 2.78 bits per heavy atom. The van der Waals surface area contributed by atoms with Crippen LogP contribution < -0.4 is 16.0 Å². The minimum atomic E-state index is -0.148. The molecule has 0 saturated carbocycles. The zero-order valence-corrected chi connectivity index (χ0v) is 14.2. The first-order valence-corrected chi connectivity index (χ1v) is 7.82. The maximum Gasteiger partial charge on any atom is 0.321 e. The maximum absolute atomic E-state index is 12.7. The Balaban J connectivity index is 0.00000192. The van der Waals surface area contributed by atoms with Gasteiger partial charge in [0.15, 0.2) is 0 Å². The van der Waals surface area contributed by atoms with E-state index < -0.39 is 0 Å². The molecule has 2 heterocycles. The van der Waals surface area contributed by atoms with Gasteiger partial charge in [0.05, 0.1) is 10.6 Å². The Kier molecular flexibility index (Phi) is 5.73. The highest BCUT2D eigenvalue weighted by atomic mass is 35.5. The molecule has 1 atom stereocenters. The van der Waals surface area contributed by atoms with Crippen LogP contribution in [0.2, 0.25) is 5.02 Å². The monoisotopic (exact) mass is 358 g/mol. The fourth-order valence-corrected chi connectivity index (χ4v) is 3.14. The number of nitrogens with one attached hydrogen (secondary N) is 1. The summed E-state index contributed by atoms with van der Waals surface area (Å²) < 4.78 is 0. The molecule has 2 saturated heterocycles. The van der Waals surface area contributed by atoms with Gasteiger partial charge in [-0.05, 0) is 37.1 Å². The Morgan fingerprint density at radius 1 is 1.39 bits per heavy atom. The number of carbonyl (C=O) groups is 2. The lowest BCUT2D eigenvalue weighted by atomic mass is 10.1. The number of hydrogen-bond acceptors (Lipinski definition) is 3. The molecular weight excluding hydrogens is 339 g/mol. The molecule has 3 N–H and O–H groups in total. The quantitative estimate of drug-likeness (QED) is 0.863. The number of anilines is 1. The number of benzene rings is 1. The van der Waals surface area contributed by atoms with Crippen LogP contribution in [-0.2, 0) is 0 Å². The second-order valence-corrected chi connectivity index (χ2v) is 6.10. The van der Waals surface area contributed by atoms with Crippen LogP contribution in [0.25, 0.3) is 0 Å². The summed E-state index contributed by atoms with van der Waals surface area (Å²) in [5.74, 6) is 0.262. The molecule has 0 aliphatic carbocycles. The Morgan fingerprint density at radius 2 is 2.17 bits per heavy atom. The molecule has 1 unspecified atom stereocenters. The van der Waals surface area contributed by atoms with Crippen LogP contribution in [0.15, 0.2) is 18.2 Å². The number of rotatable bonds is 3. The van der Waals surface area contributed by atoms with E-state index >= 15 is 0 Å². The molecule has 23 heavy (non-hydrogen) atoms. The average Bonchev–Trinajstić information content (AvgIpc) is 3.16. The van der Waals surface area contributed by atoms with E-state index in [1.165, 1.54) is 0 Å². The van der Waals surface area contributed by atoms with Crippen LogP contribution in [0, 0.1) is 5.92 Å². The van der Waals surface area contributed by atoms with E-state index in [1.54, 1.807) is 28.0 Å². The third-order valence-electron chi connectivity index (χ3n) is 4.26. The number of urea groups is 1. The van der Waals surface area contributed by atoms with E-state index in [9.17, 15) is 9.59 Å². The van der Waals surface area contributed by atoms with Crippen LogP contribution in [0.1, 0.15) is 16.8 Å². The summed E-state index contributed by atoms with van der Waals surface area (Å²) in [7, 11) is 0. The number of nitrogens with two attached hydrogens (primary N) is 1. The second kappa shape index (κ2) is 7.38. The van der Waals surface area contributed by atoms with Gasteiger partial charge in [0.1, 0.15) is 0 Å². The van der Waals surface area contributed by atoms with Gasteiger partial charge in [-0.1, -0.05) is 11.6 Å². The molecule has 1 aromatic carbocycles. The fraction of sp³-hybridized carbons (Fsp3) is 0.467. The van der Waals surface area contributed by atoms with Gasteiger partial charge in [0.25, 0.3) is 5.91 Å². The van der Waals surface area contributed by atoms with Crippen molar-refractivity contribution < 1.29 is 9.59 Å². The van der Waals surface area contributed by atoms with Gasteiger partial charge >= 0.3 is 6.03 Å².